The topological polar surface area (TPSA) is 82.2 Å². The molecule has 0 radical (unpaired) electrons. The van der Waals surface area contributed by atoms with Crippen LogP contribution in [0.5, 0.6) is 0 Å². The van der Waals surface area contributed by atoms with Crippen LogP contribution in [0.4, 0.5) is 17.1 Å². The van der Waals surface area contributed by atoms with E-state index in [0.717, 1.165) is 44.7 Å². The lowest BCUT2D eigenvalue weighted by Crippen LogP contribution is -2.40. The predicted molar refractivity (Wildman–Crippen MR) is 138 cm³/mol. The highest BCUT2D eigenvalue weighted by Gasteiger charge is 2.29. The molecule has 8 nitrogen and oxygen atoms in total. The molecule has 3 aliphatic heterocycles. The summed E-state index contributed by atoms with van der Waals surface area (Å²) < 4.78 is 33.3. The van der Waals surface area contributed by atoms with Crippen molar-refractivity contribution in [3.05, 3.63) is 48.0 Å². The number of carbonyl (C=O) groups is 1. The largest absolute Gasteiger partial charge is 0.379 e. The molecule has 2 aromatic carbocycles. The van der Waals surface area contributed by atoms with Crippen LogP contribution in [0.3, 0.4) is 0 Å². The smallest absolute Gasteiger partial charge is 0.257 e. The zero-order valence-electron chi connectivity index (χ0n) is 20.1. The molecule has 0 aromatic heterocycles. The second kappa shape index (κ2) is 10.6. The number of hydrogen-bond donors (Lipinski definition) is 1. The number of carbonyl (C=O) groups excluding carboxylic acids is 1. The van der Waals surface area contributed by atoms with Gasteiger partial charge in [0.2, 0.25) is 10.0 Å². The number of hydrogen-bond acceptors (Lipinski definition) is 6. The van der Waals surface area contributed by atoms with Crippen LogP contribution in [-0.4, -0.2) is 71.1 Å². The van der Waals surface area contributed by atoms with E-state index in [1.54, 1.807) is 12.1 Å². The van der Waals surface area contributed by atoms with E-state index in [4.69, 9.17) is 4.74 Å². The van der Waals surface area contributed by atoms with Gasteiger partial charge in [0.1, 0.15) is 0 Å². The van der Waals surface area contributed by atoms with E-state index < -0.39 is 10.0 Å². The molecule has 3 fully saturated rings. The number of sulfonamides is 1. The molecule has 0 unspecified atom stereocenters. The average Bonchev–Trinajstić information content (AvgIpc) is 3.45. The summed E-state index contributed by atoms with van der Waals surface area (Å²) in [5, 5.41) is 3.00. The van der Waals surface area contributed by atoms with E-state index in [0.29, 0.717) is 37.6 Å². The molecule has 188 valence electrons. The Kier molecular flexibility index (Phi) is 7.27. The van der Waals surface area contributed by atoms with Crippen molar-refractivity contribution in [1.82, 2.24) is 4.31 Å². The van der Waals surface area contributed by atoms with E-state index in [1.807, 2.05) is 24.3 Å². The first kappa shape index (κ1) is 24.1. The molecule has 9 heteroatoms. The zero-order valence-corrected chi connectivity index (χ0v) is 20.9. The maximum Gasteiger partial charge on any atom is 0.257 e. The van der Waals surface area contributed by atoms with Crippen molar-refractivity contribution < 1.29 is 17.9 Å². The summed E-state index contributed by atoms with van der Waals surface area (Å²) >= 11 is 0. The van der Waals surface area contributed by atoms with Gasteiger partial charge in [0.25, 0.3) is 5.91 Å². The average molecular weight is 499 g/mol. The van der Waals surface area contributed by atoms with Crippen molar-refractivity contribution >= 4 is 33.0 Å². The Labute approximate surface area is 207 Å². The molecule has 3 heterocycles. The molecule has 1 N–H and O–H groups in total. The lowest BCUT2D eigenvalue weighted by atomic mass is 10.1. The molecule has 3 aliphatic rings. The minimum atomic E-state index is -3.70. The Morgan fingerprint density at radius 2 is 1.40 bits per heavy atom. The van der Waals surface area contributed by atoms with E-state index in [2.05, 4.69) is 15.1 Å². The van der Waals surface area contributed by atoms with Gasteiger partial charge in [-0.3, -0.25) is 4.79 Å². The maximum atomic E-state index is 13.5. The first-order chi connectivity index (χ1) is 17.0. The highest BCUT2D eigenvalue weighted by atomic mass is 32.2. The summed E-state index contributed by atoms with van der Waals surface area (Å²) in [4.78, 5) is 18.1. The first-order valence-corrected chi connectivity index (χ1v) is 14.1. The SMILES string of the molecule is O=C(Nc1ccc(N2CCCCC2)cc1)c1cc(S(=O)(=O)N2CCOCC2)ccc1N1CCCC1. The fraction of sp³-hybridized carbons (Fsp3) is 0.500. The molecule has 0 aliphatic carbocycles. The van der Waals surface area contributed by atoms with Crippen LogP contribution in [0.25, 0.3) is 0 Å². The zero-order chi connectivity index (χ0) is 24.3. The van der Waals surface area contributed by atoms with Crippen LogP contribution in [-0.2, 0) is 14.8 Å². The van der Waals surface area contributed by atoms with Gasteiger partial charge in [0.05, 0.1) is 23.7 Å². The Morgan fingerprint density at radius 3 is 2.09 bits per heavy atom. The van der Waals surface area contributed by atoms with Crippen molar-refractivity contribution in [2.45, 2.75) is 37.0 Å². The highest BCUT2D eigenvalue weighted by molar-refractivity contribution is 7.89. The second-order valence-electron chi connectivity index (χ2n) is 9.44. The van der Waals surface area contributed by atoms with Gasteiger partial charge in [0, 0.05) is 56.3 Å². The van der Waals surface area contributed by atoms with Crippen LogP contribution >= 0.6 is 0 Å². The van der Waals surface area contributed by atoms with Gasteiger partial charge in [-0.15, -0.1) is 0 Å². The first-order valence-electron chi connectivity index (χ1n) is 12.7. The summed E-state index contributed by atoms with van der Waals surface area (Å²) in [5.74, 6) is -0.295. The van der Waals surface area contributed by atoms with Gasteiger partial charge >= 0.3 is 0 Å². The summed E-state index contributed by atoms with van der Waals surface area (Å²) in [6.45, 7) is 5.26. The van der Waals surface area contributed by atoms with Crippen LogP contribution in [0.15, 0.2) is 47.4 Å². The number of benzene rings is 2. The summed E-state index contributed by atoms with van der Waals surface area (Å²) in [5.41, 5.74) is 3.04. The lowest BCUT2D eigenvalue weighted by molar-refractivity contribution is 0.0730. The number of morpholine rings is 1. The Morgan fingerprint density at radius 1 is 0.771 bits per heavy atom. The third-order valence-electron chi connectivity index (χ3n) is 7.11. The van der Waals surface area contributed by atoms with Crippen molar-refractivity contribution in [2.75, 3.05) is 67.6 Å². The van der Waals surface area contributed by atoms with Crippen LogP contribution in [0, 0.1) is 0 Å². The maximum absolute atomic E-state index is 13.5. The third kappa shape index (κ3) is 5.32. The van der Waals surface area contributed by atoms with Gasteiger partial charge in [0.15, 0.2) is 0 Å². The minimum Gasteiger partial charge on any atom is -0.379 e. The van der Waals surface area contributed by atoms with Gasteiger partial charge in [-0.2, -0.15) is 4.31 Å². The van der Waals surface area contributed by atoms with Gasteiger partial charge in [-0.05, 0) is 74.6 Å². The monoisotopic (exact) mass is 498 g/mol. The molecular formula is C26H34N4O4S. The molecule has 5 rings (SSSR count). The fourth-order valence-corrected chi connectivity index (χ4v) is 6.57. The van der Waals surface area contributed by atoms with Crippen LogP contribution in [0.2, 0.25) is 0 Å². The predicted octanol–water partition coefficient (Wildman–Crippen LogP) is 3.55. The number of piperidine rings is 1. The quantitative estimate of drug-likeness (QED) is 0.656. The number of nitrogens with one attached hydrogen (secondary N) is 1. The molecule has 3 saturated heterocycles. The van der Waals surface area contributed by atoms with Crippen molar-refractivity contribution in [2.24, 2.45) is 0 Å². The summed E-state index contributed by atoms with van der Waals surface area (Å²) in [7, 11) is -3.70. The number of amides is 1. The molecular weight excluding hydrogens is 464 g/mol. The van der Waals surface area contributed by atoms with Crippen molar-refractivity contribution in [3.63, 3.8) is 0 Å². The normalized spacial score (nSPS) is 19.7. The molecule has 1 amide bonds. The van der Waals surface area contributed by atoms with Crippen LogP contribution in [0.1, 0.15) is 42.5 Å². The van der Waals surface area contributed by atoms with E-state index in [9.17, 15) is 13.2 Å². The van der Waals surface area contributed by atoms with Crippen molar-refractivity contribution in [1.29, 1.82) is 0 Å². The number of anilines is 3. The lowest BCUT2D eigenvalue weighted by Gasteiger charge is -2.29. The molecule has 35 heavy (non-hydrogen) atoms. The van der Waals surface area contributed by atoms with E-state index in [1.165, 1.54) is 35.3 Å². The number of ether oxygens (including phenoxy) is 1. The Hall–Kier alpha value is -2.62. The third-order valence-corrected chi connectivity index (χ3v) is 9.01. The minimum absolute atomic E-state index is 0.146. The fourth-order valence-electron chi connectivity index (χ4n) is 5.13. The van der Waals surface area contributed by atoms with E-state index >= 15 is 0 Å². The standard InChI is InChI=1S/C26H34N4O4S/c31-26(27-21-6-8-22(9-7-21)28-12-2-1-3-13-28)24-20-23(10-11-25(24)29-14-4-5-15-29)35(32,33)30-16-18-34-19-17-30/h6-11,20H,1-5,12-19H2,(H,27,31). The second-order valence-corrected chi connectivity index (χ2v) is 11.4. The Balaban J connectivity index is 1.40. The summed E-state index contributed by atoms with van der Waals surface area (Å²) in [6, 6.07) is 12.9. The van der Waals surface area contributed by atoms with Crippen molar-refractivity contribution in [3.8, 4) is 0 Å². The molecule has 0 atom stereocenters. The molecule has 0 bridgehead atoms. The highest BCUT2D eigenvalue weighted by Crippen LogP contribution is 2.30. The molecule has 2 aromatic rings. The molecule has 0 spiro atoms. The van der Waals surface area contributed by atoms with Gasteiger partial charge in [-0.25, -0.2) is 8.42 Å². The van der Waals surface area contributed by atoms with Gasteiger partial charge < -0.3 is 19.9 Å². The Bertz CT molecular complexity index is 1130. The number of rotatable bonds is 6. The van der Waals surface area contributed by atoms with Crippen LogP contribution < -0.4 is 15.1 Å². The number of nitrogens with zero attached hydrogens (tertiary/aromatic N) is 3. The van der Waals surface area contributed by atoms with E-state index in [-0.39, 0.29) is 10.8 Å². The molecule has 0 saturated carbocycles. The van der Waals surface area contributed by atoms with Gasteiger partial charge in [-0.1, -0.05) is 0 Å². The summed E-state index contributed by atoms with van der Waals surface area (Å²) in [6.07, 6.45) is 5.83.